The van der Waals surface area contributed by atoms with E-state index in [4.69, 9.17) is 9.15 Å². The van der Waals surface area contributed by atoms with Gasteiger partial charge in [0.25, 0.3) is 5.91 Å². The number of morpholine rings is 1. The zero-order chi connectivity index (χ0) is 30.7. The van der Waals surface area contributed by atoms with Crippen LogP contribution in [0.2, 0.25) is 0 Å². The van der Waals surface area contributed by atoms with Crippen molar-refractivity contribution in [3.8, 4) is 5.75 Å². The molecule has 0 bridgehead atoms. The summed E-state index contributed by atoms with van der Waals surface area (Å²) in [4.78, 5) is 33.7. The Morgan fingerprint density at radius 1 is 1.00 bits per heavy atom. The van der Waals surface area contributed by atoms with Crippen LogP contribution >= 0.6 is 0 Å². The quantitative estimate of drug-likeness (QED) is 0.124. The first-order valence-electron chi connectivity index (χ1n) is 13.4. The van der Waals surface area contributed by atoms with Crippen LogP contribution in [0.15, 0.2) is 41.0 Å². The second kappa shape index (κ2) is 13.2. The zero-order valence-electron chi connectivity index (χ0n) is 22.6. The summed E-state index contributed by atoms with van der Waals surface area (Å²) in [6.45, 7) is 2.65. The van der Waals surface area contributed by atoms with Gasteiger partial charge in [0.2, 0.25) is 34.8 Å². The van der Waals surface area contributed by atoms with Crippen LogP contribution in [0.4, 0.5) is 22.0 Å². The Balaban J connectivity index is 1.31. The summed E-state index contributed by atoms with van der Waals surface area (Å²) in [5, 5.41) is 13.4. The summed E-state index contributed by atoms with van der Waals surface area (Å²) < 4.78 is 84.6. The molecule has 2 saturated heterocycles. The van der Waals surface area contributed by atoms with Crippen LogP contribution in [0.1, 0.15) is 21.9 Å². The number of rotatable bonds is 9. The number of β-amino-alcohol motifs (C(OH)–C–C–N with tert-alkyl or cyclic N) is 1. The Morgan fingerprint density at radius 2 is 1.65 bits per heavy atom. The normalized spacial score (nSPS) is 19.9. The van der Waals surface area contributed by atoms with Gasteiger partial charge in [0.15, 0.2) is 11.6 Å². The highest BCUT2D eigenvalue weighted by molar-refractivity contribution is 5.92. The van der Waals surface area contributed by atoms with Gasteiger partial charge in [-0.15, -0.1) is 0 Å². The Bertz CT molecular complexity index is 1440. The average molecular weight is 611 g/mol. The molecule has 2 fully saturated rings. The molecule has 3 atom stereocenters. The van der Waals surface area contributed by atoms with Gasteiger partial charge in [-0.1, -0.05) is 30.3 Å². The van der Waals surface area contributed by atoms with Crippen LogP contribution in [0.25, 0.3) is 0 Å². The number of amides is 1. The van der Waals surface area contributed by atoms with Crippen LogP contribution in [0, 0.1) is 29.1 Å². The molecule has 43 heavy (non-hydrogen) atoms. The molecular formula is C28H27F5N4O6. The third-order valence-electron chi connectivity index (χ3n) is 7.26. The predicted molar refractivity (Wildman–Crippen MR) is 137 cm³/mol. The Kier molecular flexibility index (Phi) is 9.34. The Morgan fingerprint density at radius 3 is 2.33 bits per heavy atom. The SMILES string of the molecule is O=C(Oc1c(F)c(F)c(F)c(F)c1F)C(Cc1nc(C(=O)N2CC(O)C(N3CCOCC3)C2)co1)NCc1ccccc1. The second-order valence-corrected chi connectivity index (χ2v) is 10.1. The highest BCUT2D eigenvalue weighted by atomic mass is 19.2. The van der Waals surface area contributed by atoms with Crippen molar-refractivity contribution < 1.29 is 50.5 Å². The van der Waals surface area contributed by atoms with Crippen molar-refractivity contribution in [1.29, 1.82) is 0 Å². The highest BCUT2D eigenvalue weighted by Crippen LogP contribution is 2.29. The van der Waals surface area contributed by atoms with E-state index in [1.54, 1.807) is 30.3 Å². The number of nitrogens with one attached hydrogen (secondary N) is 1. The number of hydrogen-bond donors (Lipinski definition) is 2. The number of aliphatic hydroxyl groups is 1. The predicted octanol–water partition coefficient (Wildman–Crippen LogP) is 2.19. The molecule has 5 rings (SSSR count). The second-order valence-electron chi connectivity index (χ2n) is 10.1. The molecule has 0 aliphatic carbocycles. The van der Waals surface area contributed by atoms with Crippen molar-refractivity contribution in [1.82, 2.24) is 20.1 Å². The molecule has 2 aliphatic rings. The number of carbonyl (C=O) groups excluding carboxylic acids is 2. The van der Waals surface area contributed by atoms with Crippen molar-refractivity contribution >= 4 is 11.9 Å². The summed E-state index contributed by atoms with van der Waals surface area (Å²) in [7, 11) is 0. The molecule has 15 heteroatoms. The van der Waals surface area contributed by atoms with Gasteiger partial charge in [-0.05, 0) is 5.56 Å². The lowest BCUT2D eigenvalue weighted by atomic mass is 10.1. The minimum Gasteiger partial charge on any atom is -0.448 e. The number of aromatic nitrogens is 1. The molecule has 0 saturated carbocycles. The van der Waals surface area contributed by atoms with E-state index in [9.17, 15) is 36.6 Å². The maximum absolute atomic E-state index is 14.2. The van der Waals surface area contributed by atoms with Crippen molar-refractivity contribution in [2.24, 2.45) is 0 Å². The lowest BCUT2D eigenvalue weighted by Crippen LogP contribution is -2.49. The minimum absolute atomic E-state index is 0.0405. The van der Waals surface area contributed by atoms with Gasteiger partial charge >= 0.3 is 5.97 Å². The van der Waals surface area contributed by atoms with E-state index in [1.165, 1.54) is 4.90 Å². The van der Waals surface area contributed by atoms with Crippen LogP contribution in [-0.2, 0) is 22.5 Å². The number of likely N-dealkylation sites (tertiary alicyclic amines) is 1. The first-order chi connectivity index (χ1) is 20.6. The van der Waals surface area contributed by atoms with Crippen LogP contribution in [-0.4, -0.2) is 89.3 Å². The molecular weight excluding hydrogens is 583 g/mol. The molecule has 3 unspecified atom stereocenters. The van der Waals surface area contributed by atoms with E-state index in [2.05, 4.69) is 19.9 Å². The molecule has 1 amide bonds. The number of nitrogens with zero attached hydrogens (tertiary/aromatic N) is 3. The fourth-order valence-electron chi connectivity index (χ4n) is 4.96. The lowest BCUT2D eigenvalue weighted by Gasteiger charge is -2.33. The molecule has 3 aromatic rings. The Labute approximate surface area is 242 Å². The van der Waals surface area contributed by atoms with Crippen LogP contribution in [0.3, 0.4) is 0 Å². The summed E-state index contributed by atoms with van der Waals surface area (Å²) in [6, 6.07) is 6.92. The number of benzene rings is 2. The highest BCUT2D eigenvalue weighted by Gasteiger charge is 2.39. The first kappa shape index (κ1) is 30.5. The van der Waals surface area contributed by atoms with Crippen molar-refractivity contribution in [2.45, 2.75) is 31.2 Å². The van der Waals surface area contributed by atoms with E-state index in [0.717, 1.165) is 6.26 Å². The summed E-state index contributed by atoms with van der Waals surface area (Å²) in [5.41, 5.74) is 0.585. The fraction of sp³-hybridized carbons (Fsp3) is 0.393. The molecule has 2 aliphatic heterocycles. The minimum atomic E-state index is -2.40. The average Bonchev–Trinajstić information content (AvgIpc) is 3.66. The van der Waals surface area contributed by atoms with E-state index in [1.807, 2.05) is 0 Å². The van der Waals surface area contributed by atoms with Gasteiger partial charge in [0, 0.05) is 32.7 Å². The lowest BCUT2D eigenvalue weighted by molar-refractivity contribution is -0.137. The number of ether oxygens (including phenoxy) is 2. The van der Waals surface area contributed by atoms with Gasteiger partial charge in [-0.3, -0.25) is 15.0 Å². The zero-order valence-corrected chi connectivity index (χ0v) is 22.6. The van der Waals surface area contributed by atoms with E-state index in [0.29, 0.717) is 31.9 Å². The van der Waals surface area contributed by atoms with Crippen LogP contribution in [0.5, 0.6) is 5.75 Å². The van der Waals surface area contributed by atoms with Gasteiger partial charge in [-0.25, -0.2) is 22.9 Å². The van der Waals surface area contributed by atoms with Gasteiger partial charge in [-0.2, -0.15) is 8.78 Å². The molecule has 2 N–H and O–H groups in total. The third kappa shape index (κ3) is 6.69. The summed E-state index contributed by atoms with van der Waals surface area (Å²) >= 11 is 0. The number of halogens is 5. The summed E-state index contributed by atoms with van der Waals surface area (Å²) in [6.07, 6.45) is -0.125. The molecule has 230 valence electrons. The van der Waals surface area contributed by atoms with Crippen molar-refractivity contribution in [3.63, 3.8) is 0 Å². The Hall–Kier alpha value is -3.92. The first-order valence-corrected chi connectivity index (χ1v) is 13.4. The number of hydrogen-bond acceptors (Lipinski definition) is 9. The van der Waals surface area contributed by atoms with Crippen molar-refractivity contribution in [3.05, 3.63) is 82.8 Å². The smallest absolute Gasteiger partial charge is 0.329 e. The summed E-state index contributed by atoms with van der Waals surface area (Å²) in [5.74, 6) is -15.4. The molecule has 1 aromatic heterocycles. The number of aliphatic hydroxyl groups excluding tert-OH is 1. The molecule has 10 nitrogen and oxygen atoms in total. The molecule has 0 spiro atoms. The molecule has 2 aromatic carbocycles. The number of carbonyl (C=O) groups is 2. The van der Waals surface area contributed by atoms with Gasteiger partial charge in [0.05, 0.1) is 31.8 Å². The largest absolute Gasteiger partial charge is 0.448 e. The standard InChI is InChI=1S/C28H27F5N4O6/c29-21-22(30)24(32)26(25(33)23(21)31)43-28(40)16(34-11-15-4-2-1-3-5-15)10-20-35-17(14-42-20)27(39)37-12-18(19(38)13-37)36-6-8-41-9-7-36/h1-5,14,16,18-19,34,38H,6-13H2. The van der Waals surface area contributed by atoms with E-state index in [-0.39, 0.29) is 37.3 Å². The number of oxazole rings is 1. The maximum atomic E-state index is 14.2. The molecule has 0 radical (unpaired) electrons. The van der Waals surface area contributed by atoms with Gasteiger partial charge < -0.3 is 23.9 Å². The monoisotopic (exact) mass is 610 g/mol. The van der Waals surface area contributed by atoms with E-state index < -0.39 is 65.3 Å². The van der Waals surface area contributed by atoms with Crippen LogP contribution < -0.4 is 10.1 Å². The maximum Gasteiger partial charge on any atom is 0.329 e. The van der Waals surface area contributed by atoms with Crippen molar-refractivity contribution in [2.75, 3.05) is 39.4 Å². The third-order valence-corrected chi connectivity index (χ3v) is 7.26. The number of esters is 1. The van der Waals surface area contributed by atoms with E-state index >= 15 is 0 Å². The molecule has 3 heterocycles. The van der Waals surface area contributed by atoms with Gasteiger partial charge in [0.1, 0.15) is 12.3 Å². The topological polar surface area (TPSA) is 117 Å². The fourth-order valence-corrected chi connectivity index (χ4v) is 4.96.